The first-order valence-electron chi connectivity index (χ1n) is 4.01. The van der Waals surface area contributed by atoms with E-state index in [-0.39, 0.29) is 0 Å². The number of carbonyl (C=O) groups is 1. The summed E-state index contributed by atoms with van der Waals surface area (Å²) in [5.74, 6) is 0.349. The molecule has 0 bridgehead atoms. The quantitative estimate of drug-likeness (QED) is 0.732. The number of H-pyrrole nitrogens is 1. The van der Waals surface area contributed by atoms with Crippen LogP contribution in [0.25, 0.3) is 0 Å². The van der Waals surface area contributed by atoms with Gasteiger partial charge in [-0.2, -0.15) is 4.73 Å². The highest BCUT2D eigenvalue weighted by Crippen LogP contribution is 2.04. The van der Waals surface area contributed by atoms with Gasteiger partial charge in [0.1, 0.15) is 0 Å². The molecule has 0 spiro atoms. The van der Waals surface area contributed by atoms with Crippen molar-refractivity contribution in [1.82, 2.24) is 9.71 Å². The molecule has 0 saturated heterocycles. The summed E-state index contributed by atoms with van der Waals surface area (Å²) in [4.78, 5) is 18.6. The Morgan fingerprint density at radius 2 is 2.07 bits per heavy atom. The van der Waals surface area contributed by atoms with Gasteiger partial charge in [0.15, 0.2) is 0 Å². The van der Waals surface area contributed by atoms with Crippen LogP contribution in [0.4, 0.5) is 4.79 Å². The monoisotopic (exact) mass is 192 g/mol. The number of rotatable bonds is 2. The van der Waals surface area contributed by atoms with Crippen molar-refractivity contribution in [2.75, 3.05) is 0 Å². The van der Waals surface area contributed by atoms with E-state index in [1.807, 2.05) is 0 Å². The summed E-state index contributed by atoms with van der Waals surface area (Å²) in [6.45, 7) is 0. The van der Waals surface area contributed by atoms with Crippen LogP contribution in [0.5, 0.6) is 5.88 Å². The lowest BCUT2D eigenvalue weighted by atomic mass is 10.7. The van der Waals surface area contributed by atoms with Crippen molar-refractivity contribution in [3.8, 4) is 5.88 Å². The van der Waals surface area contributed by atoms with E-state index in [9.17, 15) is 4.79 Å². The molecule has 0 saturated carbocycles. The Labute approximate surface area is 79.8 Å². The summed E-state index contributed by atoms with van der Waals surface area (Å²) in [5.41, 5.74) is 0. The molecular formula is C9H8N2O3. The molecule has 2 heterocycles. The van der Waals surface area contributed by atoms with Gasteiger partial charge in [-0.3, -0.25) is 0 Å². The minimum absolute atomic E-state index is 0.349. The molecule has 0 aromatic carbocycles. The number of ether oxygens (including phenoxy) is 1. The molecule has 14 heavy (non-hydrogen) atoms. The molecule has 0 unspecified atom stereocenters. The van der Waals surface area contributed by atoms with E-state index in [2.05, 4.69) is 4.98 Å². The number of hydrogen-bond donors (Lipinski definition) is 1. The fraction of sp³-hybridized carbons (Fsp3) is 0. The number of aromatic nitrogens is 2. The standard InChI is InChI=1S/C9H8N2O3/c12-9(13-8-4-3-5-10-8)14-11-6-1-2-7-11/h1-7,10H. The summed E-state index contributed by atoms with van der Waals surface area (Å²) < 4.78 is 6.05. The van der Waals surface area contributed by atoms with Gasteiger partial charge in [-0.1, -0.05) is 0 Å². The molecule has 0 radical (unpaired) electrons. The topological polar surface area (TPSA) is 56.3 Å². The lowest BCUT2D eigenvalue weighted by Gasteiger charge is -2.02. The van der Waals surface area contributed by atoms with Crippen LogP contribution in [0.2, 0.25) is 0 Å². The third kappa shape index (κ3) is 1.95. The molecule has 2 rings (SSSR count). The molecule has 2 aromatic rings. The highest BCUT2D eigenvalue weighted by molar-refractivity contribution is 5.63. The normalized spacial score (nSPS) is 9.71. The van der Waals surface area contributed by atoms with E-state index in [1.54, 1.807) is 42.9 Å². The molecule has 5 nitrogen and oxygen atoms in total. The van der Waals surface area contributed by atoms with Crippen molar-refractivity contribution in [3.05, 3.63) is 42.9 Å². The summed E-state index contributed by atoms with van der Waals surface area (Å²) >= 11 is 0. The number of nitrogens with one attached hydrogen (secondary N) is 1. The molecule has 0 aliphatic heterocycles. The van der Waals surface area contributed by atoms with Gasteiger partial charge in [-0.25, -0.2) is 4.79 Å². The Morgan fingerprint density at radius 1 is 1.29 bits per heavy atom. The maximum absolute atomic E-state index is 11.1. The van der Waals surface area contributed by atoms with Crippen LogP contribution in [0.15, 0.2) is 42.9 Å². The number of nitrogens with zero attached hydrogens (tertiary/aromatic N) is 1. The summed E-state index contributed by atoms with van der Waals surface area (Å²) in [6.07, 6.45) is 4.05. The molecule has 0 fully saturated rings. The molecule has 2 aromatic heterocycles. The van der Waals surface area contributed by atoms with Gasteiger partial charge in [-0.05, 0) is 18.2 Å². The average Bonchev–Trinajstić information content (AvgIpc) is 2.76. The van der Waals surface area contributed by atoms with Crippen molar-refractivity contribution in [2.24, 2.45) is 0 Å². The van der Waals surface area contributed by atoms with E-state index >= 15 is 0 Å². The number of aromatic amines is 1. The van der Waals surface area contributed by atoms with E-state index in [4.69, 9.17) is 9.57 Å². The van der Waals surface area contributed by atoms with Gasteiger partial charge in [0.25, 0.3) is 0 Å². The van der Waals surface area contributed by atoms with Crippen molar-refractivity contribution in [2.45, 2.75) is 0 Å². The van der Waals surface area contributed by atoms with Gasteiger partial charge >= 0.3 is 6.16 Å². The van der Waals surface area contributed by atoms with E-state index in [0.717, 1.165) is 0 Å². The number of hydrogen-bond acceptors (Lipinski definition) is 3. The van der Waals surface area contributed by atoms with Crippen LogP contribution in [0.3, 0.4) is 0 Å². The van der Waals surface area contributed by atoms with Gasteiger partial charge in [-0.15, -0.1) is 0 Å². The van der Waals surface area contributed by atoms with Gasteiger partial charge in [0.2, 0.25) is 5.88 Å². The molecule has 72 valence electrons. The zero-order valence-corrected chi connectivity index (χ0v) is 7.21. The van der Waals surface area contributed by atoms with E-state index < -0.39 is 6.16 Å². The molecule has 5 heteroatoms. The second-order valence-corrected chi connectivity index (χ2v) is 2.52. The Hall–Kier alpha value is -2.17. The predicted molar refractivity (Wildman–Crippen MR) is 47.8 cm³/mol. The molecular weight excluding hydrogens is 184 g/mol. The summed E-state index contributed by atoms with van der Waals surface area (Å²) in [5, 5.41) is 0. The Bertz CT molecular complexity index is 353. The maximum atomic E-state index is 11.1. The first kappa shape index (κ1) is 8.43. The van der Waals surface area contributed by atoms with Crippen LogP contribution in [0.1, 0.15) is 0 Å². The van der Waals surface area contributed by atoms with Crippen molar-refractivity contribution in [1.29, 1.82) is 0 Å². The van der Waals surface area contributed by atoms with Crippen molar-refractivity contribution in [3.63, 3.8) is 0 Å². The third-order valence-corrected chi connectivity index (χ3v) is 1.52. The van der Waals surface area contributed by atoms with Crippen LogP contribution in [-0.2, 0) is 0 Å². The van der Waals surface area contributed by atoms with E-state index in [0.29, 0.717) is 5.88 Å². The highest BCUT2D eigenvalue weighted by atomic mass is 16.8. The second-order valence-electron chi connectivity index (χ2n) is 2.52. The minimum atomic E-state index is -0.788. The van der Waals surface area contributed by atoms with Gasteiger partial charge in [0, 0.05) is 24.7 Å². The number of carbonyl (C=O) groups excluding carboxylic acids is 1. The van der Waals surface area contributed by atoms with Gasteiger partial charge < -0.3 is 14.6 Å². The maximum Gasteiger partial charge on any atom is 0.540 e. The zero-order valence-electron chi connectivity index (χ0n) is 7.21. The fourth-order valence-electron chi connectivity index (χ4n) is 0.951. The molecule has 0 atom stereocenters. The Morgan fingerprint density at radius 3 is 2.71 bits per heavy atom. The minimum Gasteiger partial charge on any atom is -0.376 e. The highest BCUT2D eigenvalue weighted by Gasteiger charge is 2.06. The van der Waals surface area contributed by atoms with Crippen molar-refractivity contribution >= 4 is 6.16 Å². The lowest BCUT2D eigenvalue weighted by Crippen LogP contribution is -2.21. The smallest absolute Gasteiger partial charge is 0.376 e. The van der Waals surface area contributed by atoms with Crippen molar-refractivity contribution < 1.29 is 14.4 Å². The zero-order chi connectivity index (χ0) is 9.80. The molecule has 1 N–H and O–H groups in total. The SMILES string of the molecule is O=C(Oc1ccc[nH]1)On1cccc1. The Kier molecular flexibility index (Phi) is 2.22. The lowest BCUT2D eigenvalue weighted by molar-refractivity contribution is 0.0879. The molecule has 0 aliphatic rings. The summed E-state index contributed by atoms with van der Waals surface area (Å²) in [6, 6.07) is 6.82. The third-order valence-electron chi connectivity index (χ3n) is 1.52. The first-order chi connectivity index (χ1) is 6.84. The largest absolute Gasteiger partial charge is 0.540 e. The van der Waals surface area contributed by atoms with E-state index in [1.165, 1.54) is 4.73 Å². The van der Waals surface area contributed by atoms with Crippen LogP contribution < -0.4 is 9.57 Å². The first-order valence-corrected chi connectivity index (χ1v) is 4.01. The summed E-state index contributed by atoms with van der Waals surface area (Å²) in [7, 11) is 0. The van der Waals surface area contributed by atoms with Crippen LogP contribution in [0, 0.1) is 0 Å². The predicted octanol–water partition coefficient (Wildman–Crippen LogP) is 1.44. The molecule has 0 amide bonds. The Balaban J connectivity index is 1.91. The van der Waals surface area contributed by atoms with Gasteiger partial charge in [0.05, 0.1) is 0 Å². The van der Waals surface area contributed by atoms with Crippen LogP contribution in [-0.4, -0.2) is 15.9 Å². The molecule has 0 aliphatic carbocycles. The van der Waals surface area contributed by atoms with Crippen LogP contribution >= 0.6 is 0 Å². The average molecular weight is 192 g/mol. The second kappa shape index (κ2) is 3.69. The fourth-order valence-corrected chi connectivity index (χ4v) is 0.951.